The van der Waals surface area contributed by atoms with Crippen LogP contribution < -0.4 is 5.32 Å². The summed E-state index contributed by atoms with van der Waals surface area (Å²) in [5, 5.41) is 11.7. The number of nitrogens with one attached hydrogen (secondary N) is 1. The molecular formula is C16H31NO4. The van der Waals surface area contributed by atoms with E-state index in [2.05, 4.69) is 5.32 Å². The lowest BCUT2D eigenvalue weighted by atomic mass is 9.83. The van der Waals surface area contributed by atoms with E-state index in [4.69, 9.17) is 14.6 Å². The molecule has 5 nitrogen and oxygen atoms in total. The lowest BCUT2D eigenvalue weighted by Gasteiger charge is -2.31. The number of hydrogen-bond acceptors (Lipinski definition) is 4. The molecule has 2 atom stereocenters. The first-order valence-corrected chi connectivity index (χ1v) is 8.11. The molecule has 1 aliphatic rings. The van der Waals surface area contributed by atoms with Gasteiger partial charge in [0.1, 0.15) is 5.60 Å². The Kier molecular flexibility index (Phi) is 8.04. The van der Waals surface area contributed by atoms with E-state index in [-0.39, 0.29) is 18.8 Å². The maximum Gasteiger partial charge on any atom is 0.407 e. The van der Waals surface area contributed by atoms with Gasteiger partial charge in [-0.1, -0.05) is 12.8 Å². The average molecular weight is 301 g/mol. The first kappa shape index (κ1) is 18.2. The molecule has 21 heavy (non-hydrogen) atoms. The fraction of sp³-hybridized carbons (Fsp3) is 0.938. The zero-order valence-electron chi connectivity index (χ0n) is 13.7. The van der Waals surface area contributed by atoms with Crippen LogP contribution in [0.4, 0.5) is 4.79 Å². The number of carbonyl (C=O) groups is 1. The van der Waals surface area contributed by atoms with Gasteiger partial charge in [-0.3, -0.25) is 0 Å². The SMILES string of the molecule is CC(C)(C)OC(=O)NCCCC1CCCCC1OCCO. The minimum Gasteiger partial charge on any atom is -0.444 e. The van der Waals surface area contributed by atoms with E-state index in [1.54, 1.807) is 0 Å². The fourth-order valence-corrected chi connectivity index (χ4v) is 2.80. The second kappa shape index (κ2) is 9.26. The van der Waals surface area contributed by atoms with Crippen molar-refractivity contribution in [3.63, 3.8) is 0 Å². The normalized spacial score (nSPS) is 22.9. The molecule has 1 rings (SSSR count). The summed E-state index contributed by atoms with van der Waals surface area (Å²) in [5.41, 5.74) is -0.448. The molecule has 2 unspecified atom stereocenters. The number of amides is 1. The van der Waals surface area contributed by atoms with Crippen molar-refractivity contribution in [2.24, 2.45) is 5.92 Å². The highest BCUT2D eigenvalue weighted by molar-refractivity contribution is 5.67. The van der Waals surface area contributed by atoms with Crippen LogP contribution in [0.25, 0.3) is 0 Å². The average Bonchev–Trinajstić information content (AvgIpc) is 2.40. The van der Waals surface area contributed by atoms with Gasteiger partial charge in [0, 0.05) is 6.54 Å². The van der Waals surface area contributed by atoms with E-state index >= 15 is 0 Å². The molecular weight excluding hydrogens is 270 g/mol. The minimum absolute atomic E-state index is 0.0867. The zero-order chi connectivity index (χ0) is 15.7. The number of hydrogen-bond donors (Lipinski definition) is 2. The van der Waals surface area contributed by atoms with Gasteiger partial charge in [0.25, 0.3) is 0 Å². The predicted octanol–water partition coefficient (Wildman–Crippen LogP) is 2.86. The maximum absolute atomic E-state index is 11.5. The molecule has 0 aliphatic heterocycles. The summed E-state index contributed by atoms with van der Waals surface area (Å²) in [4.78, 5) is 11.5. The van der Waals surface area contributed by atoms with Crippen LogP contribution in [0.3, 0.4) is 0 Å². The zero-order valence-corrected chi connectivity index (χ0v) is 13.7. The van der Waals surface area contributed by atoms with Crippen molar-refractivity contribution in [1.29, 1.82) is 0 Å². The van der Waals surface area contributed by atoms with Gasteiger partial charge in [-0.25, -0.2) is 4.79 Å². The van der Waals surface area contributed by atoms with Crippen LogP contribution in [0.2, 0.25) is 0 Å². The van der Waals surface area contributed by atoms with Crippen LogP contribution in [-0.4, -0.2) is 42.7 Å². The monoisotopic (exact) mass is 301 g/mol. The summed E-state index contributed by atoms with van der Waals surface area (Å²) >= 11 is 0. The molecule has 0 saturated heterocycles. The van der Waals surface area contributed by atoms with E-state index in [1.807, 2.05) is 20.8 Å². The first-order valence-electron chi connectivity index (χ1n) is 8.11. The third-order valence-electron chi connectivity index (χ3n) is 3.68. The molecule has 124 valence electrons. The number of alkyl carbamates (subject to hydrolysis) is 1. The Labute approximate surface area is 128 Å². The lowest BCUT2D eigenvalue weighted by molar-refractivity contribution is -0.0276. The summed E-state index contributed by atoms with van der Waals surface area (Å²) in [6.07, 6.45) is 6.64. The van der Waals surface area contributed by atoms with E-state index in [0.29, 0.717) is 19.1 Å². The molecule has 1 aliphatic carbocycles. The Morgan fingerprint density at radius 3 is 2.67 bits per heavy atom. The number of carbonyl (C=O) groups excluding carboxylic acids is 1. The first-order chi connectivity index (χ1) is 9.92. The molecule has 0 aromatic heterocycles. The number of aliphatic hydroxyl groups is 1. The van der Waals surface area contributed by atoms with Gasteiger partial charge in [0.2, 0.25) is 0 Å². The molecule has 0 radical (unpaired) electrons. The Bertz CT molecular complexity index is 301. The summed E-state index contributed by atoms with van der Waals surface area (Å²) in [5.74, 6) is 0.547. The van der Waals surface area contributed by atoms with Crippen molar-refractivity contribution in [3.05, 3.63) is 0 Å². The highest BCUT2D eigenvalue weighted by Gasteiger charge is 2.25. The van der Waals surface area contributed by atoms with Crippen molar-refractivity contribution in [1.82, 2.24) is 5.32 Å². The molecule has 0 aromatic rings. The molecule has 1 saturated carbocycles. The Balaban J connectivity index is 2.19. The van der Waals surface area contributed by atoms with E-state index in [9.17, 15) is 4.79 Å². The third-order valence-corrected chi connectivity index (χ3v) is 3.68. The second-order valence-corrected chi connectivity index (χ2v) is 6.75. The molecule has 0 aromatic carbocycles. The van der Waals surface area contributed by atoms with Gasteiger partial charge in [-0.2, -0.15) is 0 Å². The van der Waals surface area contributed by atoms with Gasteiger partial charge >= 0.3 is 6.09 Å². The smallest absolute Gasteiger partial charge is 0.407 e. The fourth-order valence-electron chi connectivity index (χ4n) is 2.80. The van der Waals surface area contributed by atoms with E-state index in [1.165, 1.54) is 19.3 Å². The molecule has 0 heterocycles. The van der Waals surface area contributed by atoms with Crippen LogP contribution in [0, 0.1) is 5.92 Å². The quantitative estimate of drug-likeness (QED) is 0.710. The van der Waals surface area contributed by atoms with Gasteiger partial charge in [0.15, 0.2) is 0 Å². The molecule has 0 spiro atoms. The Hall–Kier alpha value is -0.810. The number of aliphatic hydroxyl groups excluding tert-OH is 1. The predicted molar refractivity (Wildman–Crippen MR) is 82.3 cm³/mol. The third kappa shape index (κ3) is 8.27. The lowest BCUT2D eigenvalue weighted by Crippen LogP contribution is -2.34. The van der Waals surface area contributed by atoms with Gasteiger partial charge in [0.05, 0.1) is 19.3 Å². The molecule has 1 fully saturated rings. The molecule has 5 heteroatoms. The highest BCUT2D eigenvalue weighted by atomic mass is 16.6. The van der Waals surface area contributed by atoms with Gasteiger partial charge < -0.3 is 19.9 Å². The number of ether oxygens (including phenoxy) is 2. The van der Waals surface area contributed by atoms with Crippen molar-refractivity contribution < 1.29 is 19.4 Å². The highest BCUT2D eigenvalue weighted by Crippen LogP contribution is 2.30. The van der Waals surface area contributed by atoms with Crippen LogP contribution in [0.5, 0.6) is 0 Å². The Morgan fingerprint density at radius 2 is 2.00 bits per heavy atom. The van der Waals surface area contributed by atoms with Crippen LogP contribution in [0.15, 0.2) is 0 Å². The van der Waals surface area contributed by atoms with Crippen LogP contribution >= 0.6 is 0 Å². The molecule has 0 bridgehead atoms. The van der Waals surface area contributed by atoms with Gasteiger partial charge in [-0.05, 0) is 52.4 Å². The topological polar surface area (TPSA) is 67.8 Å². The summed E-state index contributed by atoms with van der Waals surface area (Å²) in [6.45, 7) is 6.73. The van der Waals surface area contributed by atoms with E-state index < -0.39 is 5.60 Å². The standard InChI is InChI=1S/C16H31NO4/c1-16(2,3)21-15(19)17-10-6-8-13-7-4-5-9-14(13)20-12-11-18/h13-14,18H,4-12H2,1-3H3,(H,17,19). The summed E-state index contributed by atoms with van der Waals surface area (Å²) in [6, 6.07) is 0. The number of rotatable bonds is 7. The van der Waals surface area contributed by atoms with Crippen molar-refractivity contribution >= 4 is 6.09 Å². The summed E-state index contributed by atoms with van der Waals surface area (Å²) < 4.78 is 10.9. The Morgan fingerprint density at radius 1 is 1.29 bits per heavy atom. The largest absolute Gasteiger partial charge is 0.444 e. The molecule has 1 amide bonds. The van der Waals surface area contributed by atoms with Crippen molar-refractivity contribution in [2.45, 2.75) is 71.0 Å². The molecule has 2 N–H and O–H groups in total. The second-order valence-electron chi connectivity index (χ2n) is 6.75. The maximum atomic E-state index is 11.5. The van der Waals surface area contributed by atoms with Crippen LogP contribution in [-0.2, 0) is 9.47 Å². The van der Waals surface area contributed by atoms with Crippen molar-refractivity contribution in [2.75, 3.05) is 19.8 Å². The van der Waals surface area contributed by atoms with E-state index in [0.717, 1.165) is 19.3 Å². The van der Waals surface area contributed by atoms with Crippen LogP contribution in [0.1, 0.15) is 59.3 Å². The van der Waals surface area contributed by atoms with Crippen molar-refractivity contribution in [3.8, 4) is 0 Å². The minimum atomic E-state index is -0.448. The summed E-state index contributed by atoms with van der Waals surface area (Å²) in [7, 11) is 0. The van der Waals surface area contributed by atoms with Gasteiger partial charge in [-0.15, -0.1) is 0 Å².